The molecule has 1 aliphatic rings. The minimum Gasteiger partial charge on any atom is -0.495 e. The number of non-ortho nitro benzene ring substituents is 1. The van der Waals surface area contributed by atoms with Gasteiger partial charge in [-0.25, -0.2) is 8.42 Å². The maximum absolute atomic E-state index is 12.8. The van der Waals surface area contributed by atoms with Gasteiger partial charge in [0.25, 0.3) is 15.7 Å². The monoisotopic (exact) mass is 414 g/mol. The summed E-state index contributed by atoms with van der Waals surface area (Å²) in [7, 11) is -2.97. The molecule has 1 heterocycles. The molecule has 9 nitrogen and oxygen atoms in total. The lowest BCUT2D eigenvalue weighted by molar-refractivity contribution is -0.385. The fourth-order valence-electron chi connectivity index (χ4n) is 2.45. The Kier molecular flexibility index (Phi) is 5.29. The highest BCUT2D eigenvalue weighted by Crippen LogP contribution is 2.39. The summed E-state index contributed by atoms with van der Waals surface area (Å²) in [6.07, 6.45) is 0.679. The lowest BCUT2D eigenvalue weighted by Crippen LogP contribution is -2.15. The Morgan fingerprint density at radius 1 is 1.19 bits per heavy atom. The average Bonchev–Trinajstić information content (AvgIpc) is 2.86. The van der Waals surface area contributed by atoms with Crippen molar-refractivity contribution in [3.05, 3.63) is 45.5 Å². The van der Waals surface area contributed by atoms with Gasteiger partial charge in [-0.2, -0.15) is 0 Å². The zero-order chi connectivity index (χ0) is 19.6. The normalized spacial score (nSPS) is 13.6. The van der Waals surface area contributed by atoms with Crippen LogP contribution >= 0.6 is 11.6 Å². The Balaban J connectivity index is 2.01. The number of nitrogens with one attached hydrogen (secondary N) is 1. The van der Waals surface area contributed by atoms with Crippen LogP contribution in [-0.2, 0) is 10.0 Å². The highest BCUT2D eigenvalue weighted by Gasteiger charge is 2.25. The molecular weight excluding hydrogens is 400 g/mol. The highest BCUT2D eigenvalue weighted by atomic mass is 35.5. The summed E-state index contributed by atoms with van der Waals surface area (Å²) >= 11 is 6.16. The number of anilines is 1. The first-order chi connectivity index (χ1) is 12.8. The topological polar surface area (TPSA) is 117 Å². The predicted octanol–water partition coefficient (Wildman–Crippen LogP) is 3.22. The van der Waals surface area contributed by atoms with E-state index in [1.165, 1.54) is 25.3 Å². The molecule has 0 saturated heterocycles. The van der Waals surface area contributed by atoms with Crippen LogP contribution in [0.3, 0.4) is 0 Å². The molecular formula is C16H15ClN2O7S. The predicted molar refractivity (Wildman–Crippen MR) is 97.5 cm³/mol. The summed E-state index contributed by atoms with van der Waals surface area (Å²) in [6.45, 7) is 0.874. The minimum atomic E-state index is -4.23. The van der Waals surface area contributed by atoms with Crippen LogP contribution in [0.15, 0.2) is 35.2 Å². The maximum atomic E-state index is 12.8. The van der Waals surface area contributed by atoms with E-state index < -0.39 is 14.9 Å². The molecule has 0 unspecified atom stereocenters. The van der Waals surface area contributed by atoms with Crippen LogP contribution in [0.2, 0.25) is 5.02 Å². The van der Waals surface area contributed by atoms with Crippen molar-refractivity contribution in [2.24, 2.45) is 0 Å². The largest absolute Gasteiger partial charge is 0.495 e. The Morgan fingerprint density at radius 3 is 2.48 bits per heavy atom. The van der Waals surface area contributed by atoms with Crippen molar-refractivity contribution >= 4 is 33.0 Å². The number of fused-ring (bicyclic) bond motifs is 1. The Bertz CT molecular complexity index is 995. The zero-order valence-electron chi connectivity index (χ0n) is 14.1. The number of nitro benzene ring substituents is 1. The zero-order valence-corrected chi connectivity index (χ0v) is 15.7. The molecule has 2 aromatic rings. The number of nitrogens with zero attached hydrogens (tertiary/aromatic N) is 1. The highest BCUT2D eigenvalue weighted by molar-refractivity contribution is 7.92. The van der Waals surface area contributed by atoms with Crippen molar-refractivity contribution in [2.45, 2.75) is 11.3 Å². The molecule has 0 aliphatic carbocycles. The van der Waals surface area contributed by atoms with Crippen molar-refractivity contribution in [3.63, 3.8) is 0 Å². The smallest absolute Gasteiger partial charge is 0.271 e. The summed E-state index contributed by atoms with van der Waals surface area (Å²) in [5, 5.41) is 11.1. The molecule has 0 saturated carbocycles. The first-order valence-electron chi connectivity index (χ1n) is 7.76. The van der Waals surface area contributed by atoms with Gasteiger partial charge in [-0.15, -0.1) is 0 Å². The van der Waals surface area contributed by atoms with E-state index in [-0.39, 0.29) is 27.0 Å². The molecule has 0 spiro atoms. The third-order valence-electron chi connectivity index (χ3n) is 3.73. The number of sulfonamides is 1. The molecule has 3 rings (SSSR count). The average molecular weight is 415 g/mol. The fraction of sp³-hybridized carbons (Fsp3) is 0.250. The number of halogens is 1. The summed E-state index contributed by atoms with van der Waals surface area (Å²) in [5.41, 5.74) is -0.338. The molecule has 0 fully saturated rings. The van der Waals surface area contributed by atoms with Crippen molar-refractivity contribution < 1.29 is 27.6 Å². The van der Waals surface area contributed by atoms with Gasteiger partial charge in [-0.1, -0.05) is 11.6 Å². The van der Waals surface area contributed by atoms with Crippen molar-refractivity contribution in [1.29, 1.82) is 0 Å². The molecule has 0 atom stereocenters. The number of hydrogen-bond donors (Lipinski definition) is 1. The third kappa shape index (κ3) is 4.01. The Morgan fingerprint density at radius 2 is 1.85 bits per heavy atom. The standard InChI is InChI=1S/C16H15ClN2O7S/c1-24-13-4-3-10(19(20)21)7-16(13)27(22,23)18-12-9-15-14(8-11(12)17)25-5-2-6-26-15/h3-4,7-9,18H,2,5-6H2,1H3. The van der Waals surface area contributed by atoms with Gasteiger partial charge in [0.2, 0.25) is 0 Å². The van der Waals surface area contributed by atoms with Crippen LogP contribution < -0.4 is 18.9 Å². The molecule has 2 aromatic carbocycles. The molecule has 0 bridgehead atoms. The van der Waals surface area contributed by atoms with Crippen molar-refractivity contribution in [3.8, 4) is 17.2 Å². The van der Waals surface area contributed by atoms with E-state index in [1.54, 1.807) is 0 Å². The summed E-state index contributed by atoms with van der Waals surface area (Å²) in [5.74, 6) is 0.715. The first kappa shape index (κ1) is 19.1. The van der Waals surface area contributed by atoms with Crippen LogP contribution in [0.4, 0.5) is 11.4 Å². The molecule has 144 valence electrons. The maximum Gasteiger partial charge on any atom is 0.271 e. The van der Waals surface area contributed by atoms with Crippen LogP contribution in [0.25, 0.3) is 0 Å². The molecule has 1 N–H and O–H groups in total. The Hall–Kier alpha value is -2.72. The second-order valence-corrected chi connectivity index (χ2v) is 7.59. The molecule has 1 aliphatic heterocycles. The Labute approximate surface area is 160 Å². The quantitative estimate of drug-likeness (QED) is 0.589. The number of ether oxygens (including phenoxy) is 3. The van der Waals surface area contributed by atoms with Gasteiger partial charge >= 0.3 is 0 Å². The minimum absolute atomic E-state index is 0.0430. The first-order valence-corrected chi connectivity index (χ1v) is 9.62. The van der Waals surface area contributed by atoms with E-state index in [9.17, 15) is 18.5 Å². The van der Waals surface area contributed by atoms with E-state index in [2.05, 4.69) is 4.72 Å². The van der Waals surface area contributed by atoms with Crippen LogP contribution in [-0.4, -0.2) is 33.7 Å². The third-order valence-corrected chi connectivity index (χ3v) is 5.43. The number of hydrogen-bond acceptors (Lipinski definition) is 7. The van der Waals surface area contributed by atoms with Crippen LogP contribution in [0.1, 0.15) is 6.42 Å². The van der Waals surface area contributed by atoms with Crippen LogP contribution in [0, 0.1) is 10.1 Å². The van der Waals surface area contributed by atoms with E-state index >= 15 is 0 Å². The van der Waals surface area contributed by atoms with E-state index in [0.717, 1.165) is 12.1 Å². The second-order valence-electron chi connectivity index (χ2n) is 5.53. The van der Waals surface area contributed by atoms with Gasteiger partial charge in [-0.05, 0) is 6.07 Å². The number of nitro groups is 1. The van der Waals surface area contributed by atoms with Gasteiger partial charge in [-0.3, -0.25) is 14.8 Å². The lowest BCUT2D eigenvalue weighted by Gasteiger charge is -2.15. The molecule has 0 amide bonds. The fourth-order valence-corrected chi connectivity index (χ4v) is 3.97. The lowest BCUT2D eigenvalue weighted by atomic mass is 10.3. The van der Waals surface area contributed by atoms with Gasteiger partial charge in [0.05, 0.1) is 36.0 Å². The molecule has 0 aromatic heterocycles. The number of rotatable bonds is 5. The molecule has 0 radical (unpaired) electrons. The summed E-state index contributed by atoms with van der Waals surface area (Å²) in [4.78, 5) is 9.90. The van der Waals surface area contributed by atoms with E-state index in [1.807, 2.05) is 0 Å². The summed E-state index contributed by atoms with van der Waals surface area (Å²) in [6, 6.07) is 6.13. The number of methoxy groups -OCH3 is 1. The second kappa shape index (κ2) is 7.49. The number of benzene rings is 2. The molecule has 11 heteroatoms. The SMILES string of the molecule is COc1ccc([N+](=O)[O-])cc1S(=O)(=O)Nc1cc2c(cc1Cl)OCCCO2. The van der Waals surface area contributed by atoms with Crippen molar-refractivity contribution in [2.75, 3.05) is 25.0 Å². The van der Waals surface area contributed by atoms with Crippen molar-refractivity contribution in [1.82, 2.24) is 0 Å². The van der Waals surface area contributed by atoms with Gasteiger partial charge in [0, 0.05) is 30.7 Å². The van der Waals surface area contributed by atoms with Gasteiger partial charge in [0.15, 0.2) is 11.5 Å². The van der Waals surface area contributed by atoms with Gasteiger partial charge in [0.1, 0.15) is 10.6 Å². The summed E-state index contributed by atoms with van der Waals surface area (Å²) < 4.78 is 44.0. The molecule has 27 heavy (non-hydrogen) atoms. The van der Waals surface area contributed by atoms with Gasteiger partial charge < -0.3 is 14.2 Å². The van der Waals surface area contributed by atoms with E-state index in [0.29, 0.717) is 31.1 Å². The van der Waals surface area contributed by atoms with Crippen LogP contribution in [0.5, 0.6) is 17.2 Å². The van der Waals surface area contributed by atoms with E-state index in [4.69, 9.17) is 25.8 Å².